The number of aliphatic imine (C=N–C) groups is 1. The van der Waals surface area contributed by atoms with E-state index >= 15 is 0 Å². The highest BCUT2D eigenvalue weighted by atomic mass is 127. The van der Waals surface area contributed by atoms with Crippen LogP contribution >= 0.6 is 35.6 Å². The lowest BCUT2D eigenvalue weighted by molar-refractivity contribution is 0.106. The van der Waals surface area contributed by atoms with E-state index in [1.54, 1.807) is 21.3 Å². The van der Waals surface area contributed by atoms with E-state index in [9.17, 15) is 0 Å². The zero-order valence-electron chi connectivity index (χ0n) is 12.6. The van der Waals surface area contributed by atoms with Crippen molar-refractivity contribution in [2.24, 2.45) is 4.99 Å². The molecule has 0 fully saturated rings. The van der Waals surface area contributed by atoms with Gasteiger partial charge >= 0.3 is 0 Å². The van der Waals surface area contributed by atoms with Crippen molar-refractivity contribution in [1.29, 1.82) is 0 Å². The first-order valence-corrected chi connectivity index (χ1v) is 6.80. The summed E-state index contributed by atoms with van der Waals surface area (Å²) in [4.78, 5) is 4.13. The van der Waals surface area contributed by atoms with Gasteiger partial charge in [-0.2, -0.15) is 0 Å². The number of guanidine groups is 1. The first-order valence-electron chi connectivity index (χ1n) is 6.43. The lowest BCUT2D eigenvalue weighted by atomic mass is 10.1. The highest BCUT2D eigenvalue weighted by molar-refractivity contribution is 14.0. The summed E-state index contributed by atoms with van der Waals surface area (Å²) < 4.78 is 10.5. The van der Waals surface area contributed by atoms with Gasteiger partial charge in [-0.05, 0) is 17.7 Å². The van der Waals surface area contributed by atoms with Gasteiger partial charge in [0.2, 0.25) is 0 Å². The van der Waals surface area contributed by atoms with Crippen molar-refractivity contribution in [1.82, 2.24) is 10.6 Å². The summed E-state index contributed by atoms with van der Waals surface area (Å²) in [6.07, 6.45) is -0.0883. The normalized spacial score (nSPS) is 12.5. The minimum atomic E-state index is -0.0883. The number of rotatable bonds is 7. The molecule has 21 heavy (non-hydrogen) atoms. The molecule has 0 aliphatic heterocycles. The van der Waals surface area contributed by atoms with E-state index in [2.05, 4.69) is 15.6 Å². The van der Waals surface area contributed by atoms with Crippen molar-refractivity contribution in [3.8, 4) is 0 Å². The molecule has 1 atom stereocenters. The summed E-state index contributed by atoms with van der Waals surface area (Å²) >= 11 is 5.99. The third kappa shape index (κ3) is 7.85. The number of hydrogen-bond acceptors (Lipinski definition) is 3. The fraction of sp³-hybridized carbons (Fsp3) is 0.500. The molecule has 7 heteroatoms. The number of nitrogens with one attached hydrogen (secondary N) is 2. The van der Waals surface area contributed by atoms with Gasteiger partial charge in [-0.15, -0.1) is 24.0 Å². The fourth-order valence-electron chi connectivity index (χ4n) is 1.73. The molecule has 0 saturated heterocycles. The highest BCUT2D eigenvalue weighted by Gasteiger charge is 2.11. The number of hydrogen-bond donors (Lipinski definition) is 2. The summed E-state index contributed by atoms with van der Waals surface area (Å²) in [6.45, 7) is 1.93. The summed E-state index contributed by atoms with van der Waals surface area (Å²) in [6, 6.07) is 7.65. The molecule has 1 aromatic carbocycles. The second-order valence-electron chi connectivity index (χ2n) is 4.15. The number of nitrogens with zero attached hydrogens (tertiary/aromatic N) is 1. The molecule has 0 aliphatic carbocycles. The van der Waals surface area contributed by atoms with Crippen LogP contribution in [0, 0.1) is 0 Å². The monoisotopic (exact) mass is 427 g/mol. The van der Waals surface area contributed by atoms with E-state index in [4.69, 9.17) is 21.1 Å². The lowest BCUT2D eigenvalue weighted by Crippen LogP contribution is -2.40. The lowest BCUT2D eigenvalue weighted by Gasteiger charge is -2.19. The molecule has 0 radical (unpaired) electrons. The Bertz CT molecular complexity index is 432. The Balaban J connectivity index is 0.00000400. The van der Waals surface area contributed by atoms with Crippen LogP contribution in [0.15, 0.2) is 29.3 Å². The Morgan fingerprint density at radius 3 is 2.67 bits per heavy atom. The molecule has 5 nitrogen and oxygen atoms in total. The number of ether oxygens (including phenoxy) is 2. The molecule has 1 rings (SSSR count). The van der Waals surface area contributed by atoms with Crippen LogP contribution in [0.25, 0.3) is 0 Å². The van der Waals surface area contributed by atoms with E-state index in [0.29, 0.717) is 30.7 Å². The van der Waals surface area contributed by atoms with Crippen LogP contribution in [0.1, 0.15) is 11.7 Å². The highest BCUT2D eigenvalue weighted by Crippen LogP contribution is 2.19. The Kier molecular flexibility index (Phi) is 11.7. The average Bonchev–Trinajstić information content (AvgIpc) is 2.46. The Morgan fingerprint density at radius 2 is 2.10 bits per heavy atom. The smallest absolute Gasteiger partial charge is 0.191 e. The number of halogens is 2. The third-order valence-corrected chi connectivity index (χ3v) is 3.02. The molecule has 0 aliphatic rings. The molecular weight excluding hydrogens is 405 g/mol. The minimum absolute atomic E-state index is 0. The van der Waals surface area contributed by atoms with E-state index < -0.39 is 0 Å². The zero-order chi connectivity index (χ0) is 14.8. The molecule has 2 N–H and O–H groups in total. The van der Waals surface area contributed by atoms with E-state index in [-0.39, 0.29) is 30.1 Å². The van der Waals surface area contributed by atoms with Crippen LogP contribution in [0.3, 0.4) is 0 Å². The predicted molar refractivity (Wildman–Crippen MR) is 97.9 cm³/mol. The van der Waals surface area contributed by atoms with Crippen molar-refractivity contribution in [2.45, 2.75) is 6.10 Å². The van der Waals surface area contributed by atoms with Gasteiger partial charge in [0.05, 0.1) is 12.7 Å². The summed E-state index contributed by atoms with van der Waals surface area (Å²) in [5, 5.41) is 7.06. The second-order valence-corrected chi connectivity index (χ2v) is 4.59. The third-order valence-electron chi connectivity index (χ3n) is 2.78. The molecule has 0 aromatic heterocycles. The Labute approximate surface area is 148 Å². The molecule has 0 spiro atoms. The van der Waals surface area contributed by atoms with Gasteiger partial charge in [0.15, 0.2) is 5.96 Å². The first-order chi connectivity index (χ1) is 9.71. The fourth-order valence-corrected chi connectivity index (χ4v) is 1.92. The van der Waals surface area contributed by atoms with Gasteiger partial charge < -0.3 is 20.1 Å². The van der Waals surface area contributed by atoms with Crippen molar-refractivity contribution in [3.05, 3.63) is 34.9 Å². The van der Waals surface area contributed by atoms with E-state index in [0.717, 1.165) is 5.56 Å². The van der Waals surface area contributed by atoms with Crippen LogP contribution in [0.4, 0.5) is 0 Å². The summed E-state index contributed by atoms with van der Waals surface area (Å²) in [5.74, 6) is 0.714. The second kappa shape index (κ2) is 12.0. The van der Waals surface area contributed by atoms with Crippen LogP contribution in [-0.2, 0) is 9.47 Å². The molecule has 0 amide bonds. The van der Waals surface area contributed by atoms with Gasteiger partial charge in [0.25, 0.3) is 0 Å². The van der Waals surface area contributed by atoms with Gasteiger partial charge in [-0.1, -0.05) is 23.7 Å². The van der Waals surface area contributed by atoms with Crippen LogP contribution in [-0.4, -0.2) is 46.9 Å². The maximum atomic E-state index is 5.99. The maximum absolute atomic E-state index is 5.99. The van der Waals surface area contributed by atoms with E-state index in [1.165, 1.54) is 0 Å². The maximum Gasteiger partial charge on any atom is 0.191 e. The van der Waals surface area contributed by atoms with Crippen LogP contribution in [0.5, 0.6) is 0 Å². The summed E-state index contributed by atoms with van der Waals surface area (Å²) in [7, 11) is 5.07. The summed E-state index contributed by atoms with van der Waals surface area (Å²) in [5.41, 5.74) is 1.03. The molecule has 120 valence electrons. The standard InChI is InChI=1S/C14H22ClN3O2.HI/c1-16-14(17-7-8-19-2)18-10-13(20-3)11-5-4-6-12(15)9-11;/h4-6,9,13H,7-8,10H2,1-3H3,(H2,16,17,18);1H. The van der Waals surface area contributed by atoms with Gasteiger partial charge in [0, 0.05) is 39.4 Å². The van der Waals surface area contributed by atoms with Gasteiger partial charge in [-0.25, -0.2) is 0 Å². The first kappa shape index (κ1) is 20.4. The van der Waals surface area contributed by atoms with Crippen molar-refractivity contribution >= 4 is 41.5 Å². The van der Waals surface area contributed by atoms with E-state index in [1.807, 2.05) is 24.3 Å². The van der Waals surface area contributed by atoms with Crippen molar-refractivity contribution in [2.75, 3.05) is 41.0 Å². The zero-order valence-corrected chi connectivity index (χ0v) is 15.6. The Morgan fingerprint density at radius 1 is 1.33 bits per heavy atom. The quantitative estimate of drug-likeness (QED) is 0.304. The molecule has 0 saturated carbocycles. The molecule has 1 unspecified atom stereocenters. The predicted octanol–water partition coefficient (Wildman–Crippen LogP) is 2.46. The molecule has 1 aromatic rings. The average molecular weight is 428 g/mol. The molecular formula is C14H23ClIN3O2. The van der Waals surface area contributed by atoms with Crippen LogP contribution in [0.2, 0.25) is 5.02 Å². The molecule has 0 bridgehead atoms. The number of benzene rings is 1. The van der Waals surface area contributed by atoms with Gasteiger partial charge in [-0.3, -0.25) is 4.99 Å². The number of methoxy groups -OCH3 is 2. The largest absolute Gasteiger partial charge is 0.383 e. The Hall–Kier alpha value is -0.570. The topological polar surface area (TPSA) is 54.9 Å². The minimum Gasteiger partial charge on any atom is -0.383 e. The van der Waals surface area contributed by atoms with Crippen molar-refractivity contribution in [3.63, 3.8) is 0 Å². The SMILES string of the molecule is CN=C(NCCOC)NCC(OC)c1cccc(Cl)c1.I. The molecule has 0 heterocycles. The van der Waals surface area contributed by atoms with Crippen LogP contribution < -0.4 is 10.6 Å². The van der Waals surface area contributed by atoms with Crippen molar-refractivity contribution < 1.29 is 9.47 Å². The van der Waals surface area contributed by atoms with Gasteiger partial charge in [0.1, 0.15) is 0 Å².